The lowest BCUT2D eigenvalue weighted by Crippen LogP contribution is -2.35. The largest absolute Gasteiger partial charge is 0.469 e. The van der Waals surface area contributed by atoms with E-state index in [-0.39, 0.29) is 17.4 Å². The third-order valence-corrected chi connectivity index (χ3v) is 2.50. The number of hydrogen-bond acceptors (Lipinski definition) is 2. The molecule has 0 bridgehead atoms. The van der Waals surface area contributed by atoms with Gasteiger partial charge in [0.1, 0.15) is 5.76 Å². The number of amides is 1. The molecule has 0 aliphatic rings. The summed E-state index contributed by atoms with van der Waals surface area (Å²) < 4.78 is 5.26. The van der Waals surface area contributed by atoms with E-state index in [0.717, 1.165) is 18.6 Å². The molecule has 3 heteroatoms. The summed E-state index contributed by atoms with van der Waals surface area (Å²) in [7, 11) is 0. The Balaban J connectivity index is 2.25. The molecule has 1 atom stereocenters. The maximum Gasteiger partial charge on any atom is 0.220 e. The predicted octanol–water partition coefficient (Wildman–Crippen LogP) is 3.15. The third kappa shape index (κ3) is 6.15. The van der Waals surface area contributed by atoms with Crippen molar-refractivity contribution in [3.05, 3.63) is 24.2 Å². The first-order chi connectivity index (χ1) is 7.87. The lowest BCUT2D eigenvalue weighted by atomic mass is 9.92. The van der Waals surface area contributed by atoms with Crippen molar-refractivity contribution in [2.75, 3.05) is 0 Å². The molecule has 0 aliphatic heterocycles. The van der Waals surface area contributed by atoms with Gasteiger partial charge in [-0.2, -0.15) is 0 Å². The highest BCUT2D eigenvalue weighted by molar-refractivity contribution is 5.76. The molecule has 1 aromatic rings. The molecule has 1 amide bonds. The highest BCUT2D eigenvalue weighted by Gasteiger charge is 2.17. The van der Waals surface area contributed by atoms with Gasteiger partial charge in [0.25, 0.3) is 0 Å². The van der Waals surface area contributed by atoms with E-state index in [1.54, 1.807) is 6.26 Å². The van der Waals surface area contributed by atoms with Gasteiger partial charge >= 0.3 is 0 Å². The summed E-state index contributed by atoms with van der Waals surface area (Å²) in [6.45, 7) is 8.24. The molecule has 3 nitrogen and oxygen atoms in total. The van der Waals surface area contributed by atoms with Crippen molar-refractivity contribution in [1.82, 2.24) is 5.32 Å². The molecule has 0 spiro atoms. The topological polar surface area (TPSA) is 42.2 Å². The number of furan rings is 1. The number of carbonyl (C=O) groups excluding carboxylic acids is 1. The summed E-state index contributed by atoms with van der Waals surface area (Å²) in [5.74, 6) is 1.10. The second-order valence-electron chi connectivity index (χ2n) is 5.82. The van der Waals surface area contributed by atoms with E-state index in [9.17, 15) is 4.79 Å². The molecule has 0 unspecified atom stereocenters. The highest BCUT2D eigenvalue weighted by atomic mass is 16.3. The van der Waals surface area contributed by atoms with E-state index >= 15 is 0 Å². The number of rotatable bonds is 5. The van der Waals surface area contributed by atoms with Gasteiger partial charge in [-0.1, -0.05) is 20.8 Å². The molecule has 0 saturated carbocycles. The fourth-order valence-electron chi connectivity index (χ4n) is 1.69. The van der Waals surface area contributed by atoms with Crippen molar-refractivity contribution in [3.63, 3.8) is 0 Å². The zero-order valence-electron chi connectivity index (χ0n) is 11.2. The van der Waals surface area contributed by atoms with E-state index in [1.165, 1.54) is 0 Å². The van der Waals surface area contributed by atoms with Gasteiger partial charge in [0, 0.05) is 18.9 Å². The van der Waals surface area contributed by atoms with E-state index in [0.29, 0.717) is 6.42 Å². The fraction of sp³-hybridized carbons (Fsp3) is 0.643. The Morgan fingerprint density at radius 1 is 1.47 bits per heavy atom. The van der Waals surface area contributed by atoms with Gasteiger partial charge in [-0.15, -0.1) is 0 Å². The average molecular weight is 237 g/mol. The van der Waals surface area contributed by atoms with Crippen molar-refractivity contribution in [1.29, 1.82) is 0 Å². The maximum absolute atomic E-state index is 11.7. The second-order valence-corrected chi connectivity index (χ2v) is 5.82. The lowest BCUT2D eigenvalue weighted by Gasteiger charge is -2.20. The average Bonchev–Trinajstić information content (AvgIpc) is 2.63. The Morgan fingerprint density at radius 3 is 2.71 bits per heavy atom. The van der Waals surface area contributed by atoms with Crippen LogP contribution in [0.4, 0.5) is 0 Å². The summed E-state index contributed by atoms with van der Waals surface area (Å²) in [6.07, 6.45) is 4.02. The molecule has 0 aromatic carbocycles. The molecule has 96 valence electrons. The highest BCUT2D eigenvalue weighted by Crippen LogP contribution is 2.18. The minimum absolute atomic E-state index is 0.0464. The second kappa shape index (κ2) is 5.89. The zero-order valence-corrected chi connectivity index (χ0v) is 11.2. The van der Waals surface area contributed by atoms with Gasteiger partial charge in [-0.3, -0.25) is 4.79 Å². The van der Waals surface area contributed by atoms with Crippen LogP contribution in [-0.4, -0.2) is 11.9 Å². The van der Waals surface area contributed by atoms with E-state index in [4.69, 9.17) is 4.42 Å². The first-order valence-corrected chi connectivity index (χ1v) is 6.18. The lowest BCUT2D eigenvalue weighted by molar-refractivity contribution is -0.123. The van der Waals surface area contributed by atoms with Crippen LogP contribution < -0.4 is 5.32 Å². The summed E-state index contributed by atoms with van der Waals surface area (Å²) in [5.41, 5.74) is 0.0464. The van der Waals surface area contributed by atoms with Crippen LogP contribution in [0.3, 0.4) is 0 Å². The number of aryl methyl sites for hydroxylation is 1. The minimum Gasteiger partial charge on any atom is -0.469 e. The van der Waals surface area contributed by atoms with Gasteiger partial charge < -0.3 is 9.73 Å². The van der Waals surface area contributed by atoms with E-state index < -0.39 is 0 Å². The number of hydrogen-bond donors (Lipinski definition) is 1. The van der Waals surface area contributed by atoms with Crippen LogP contribution in [0.2, 0.25) is 0 Å². The van der Waals surface area contributed by atoms with Crippen LogP contribution in [0.25, 0.3) is 0 Å². The predicted molar refractivity (Wildman–Crippen MR) is 68.7 cm³/mol. The number of carbonyl (C=O) groups is 1. The summed E-state index contributed by atoms with van der Waals surface area (Å²) >= 11 is 0. The standard InChI is InChI=1S/C14H23NO2/c1-11(7-8-12-6-5-9-17-12)15-13(16)10-14(2,3)4/h5-6,9,11H,7-8,10H2,1-4H3,(H,15,16)/t11-/m0/s1. The SMILES string of the molecule is C[C@@H](CCc1ccco1)NC(=O)CC(C)(C)C. The molecule has 0 radical (unpaired) electrons. The van der Waals surface area contributed by atoms with E-state index in [2.05, 4.69) is 26.1 Å². The molecule has 1 heterocycles. The molecule has 1 aromatic heterocycles. The van der Waals surface area contributed by atoms with E-state index in [1.807, 2.05) is 19.1 Å². The Morgan fingerprint density at radius 2 is 2.18 bits per heavy atom. The summed E-state index contributed by atoms with van der Waals surface area (Å²) in [5, 5.41) is 3.02. The molecule has 0 fully saturated rings. The monoisotopic (exact) mass is 237 g/mol. The molecule has 1 N–H and O–H groups in total. The number of nitrogens with one attached hydrogen (secondary N) is 1. The first kappa shape index (κ1) is 13.8. The van der Waals surface area contributed by atoms with Crippen LogP contribution in [0.1, 0.15) is 46.3 Å². The summed E-state index contributed by atoms with van der Waals surface area (Å²) in [6, 6.07) is 4.04. The van der Waals surface area contributed by atoms with Gasteiger partial charge in [0.05, 0.1) is 6.26 Å². The van der Waals surface area contributed by atoms with Crippen LogP contribution in [0.15, 0.2) is 22.8 Å². The Hall–Kier alpha value is -1.25. The van der Waals surface area contributed by atoms with Crippen LogP contribution in [0.5, 0.6) is 0 Å². The molecule has 1 rings (SSSR count). The van der Waals surface area contributed by atoms with Gasteiger partial charge in [-0.25, -0.2) is 0 Å². The van der Waals surface area contributed by atoms with Crippen molar-refractivity contribution < 1.29 is 9.21 Å². The fourth-order valence-corrected chi connectivity index (χ4v) is 1.69. The Labute approximate surface area is 104 Å². The van der Waals surface area contributed by atoms with Crippen LogP contribution in [0, 0.1) is 5.41 Å². The third-order valence-electron chi connectivity index (χ3n) is 2.50. The molecule has 17 heavy (non-hydrogen) atoms. The van der Waals surface area contributed by atoms with Crippen molar-refractivity contribution in [3.8, 4) is 0 Å². The smallest absolute Gasteiger partial charge is 0.220 e. The molecule has 0 aliphatic carbocycles. The molecular formula is C14H23NO2. The first-order valence-electron chi connectivity index (χ1n) is 6.18. The zero-order chi connectivity index (χ0) is 12.9. The Kier molecular flexibility index (Phi) is 4.79. The summed E-state index contributed by atoms with van der Waals surface area (Å²) in [4.78, 5) is 11.7. The molecular weight excluding hydrogens is 214 g/mol. The quantitative estimate of drug-likeness (QED) is 0.854. The van der Waals surface area contributed by atoms with Gasteiger partial charge in [0.2, 0.25) is 5.91 Å². The van der Waals surface area contributed by atoms with Crippen molar-refractivity contribution in [2.24, 2.45) is 5.41 Å². The molecule has 0 saturated heterocycles. The van der Waals surface area contributed by atoms with Crippen molar-refractivity contribution in [2.45, 2.75) is 53.0 Å². The van der Waals surface area contributed by atoms with Crippen LogP contribution >= 0.6 is 0 Å². The van der Waals surface area contributed by atoms with Crippen molar-refractivity contribution >= 4 is 5.91 Å². The minimum atomic E-state index is 0.0464. The normalized spacial score (nSPS) is 13.4. The Bertz CT molecular complexity index is 336. The maximum atomic E-state index is 11.7. The van der Waals surface area contributed by atoms with Crippen LogP contribution in [-0.2, 0) is 11.2 Å². The van der Waals surface area contributed by atoms with Gasteiger partial charge in [-0.05, 0) is 30.9 Å². The van der Waals surface area contributed by atoms with Gasteiger partial charge in [0.15, 0.2) is 0 Å².